The van der Waals surface area contributed by atoms with Gasteiger partial charge in [0.05, 0.1) is 12.2 Å². The summed E-state index contributed by atoms with van der Waals surface area (Å²) in [5.74, 6) is 0.475. The van der Waals surface area contributed by atoms with Gasteiger partial charge in [-0.3, -0.25) is 0 Å². The Bertz CT molecular complexity index is 389. The lowest BCUT2D eigenvalue weighted by atomic mass is 9.84. The molecule has 2 fully saturated rings. The minimum Gasteiger partial charge on any atom is -0.444 e. The van der Waals surface area contributed by atoms with E-state index in [2.05, 4.69) is 13.5 Å². The maximum absolute atomic E-state index is 12.0. The molecule has 0 bridgehead atoms. The molecule has 4 nitrogen and oxygen atoms in total. The van der Waals surface area contributed by atoms with Crippen molar-refractivity contribution in [2.45, 2.75) is 58.2 Å². The molecule has 2 aliphatic heterocycles. The van der Waals surface area contributed by atoms with Crippen LogP contribution in [0.25, 0.3) is 0 Å². The third-order valence-electron chi connectivity index (χ3n) is 4.23. The van der Waals surface area contributed by atoms with E-state index < -0.39 is 5.60 Å². The number of piperidine rings is 1. The molecule has 20 heavy (non-hydrogen) atoms. The van der Waals surface area contributed by atoms with Crippen LogP contribution in [-0.2, 0) is 9.47 Å². The molecule has 1 amide bonds. The standard InChI is InChI=1S/C16H27NO3/c1-12(2)13-10-16(19-11-13)6-8-17(9-7-16)14(18)20-15(3,4)5/h13H,1,6-11H2,2-5H3/t13-/m1/s1. The van der Waals surface area contributed by atoms with E-state index in [9.17, 15) is 4.79 Å². The zero-order valence-corrected chi connectivity index (χ0v) is 13.2. The van der Waals surface area contributed by atoms with E-state index in [1.807, 2.05) is 20.8 Å². The molecule has 114 valence electrons. The number of ether oxygens (including phenoxy) is 2. The van der Waals surface area contributed by atoms with Crippen LogP contribution in [0.2, 0.25) is 0 Å². The fourth-order valence-corrected chi connectivity index (χ4v) is 2.93. The van der Waals surface area contributed by atoms with Crippen molar-refractivity contribution in [1.29, 1.82) is 0 Å². The van der Waals surface area contributed by atoms with Gasteiger partial charge in [-0.1, -0.05) is 12.2 Å². The van der Waals surface area contributed by atoms with Crippen molar-refractivity contribution >= 4 is 6.09 Å². The third kappa shape index (κ3) is 3.54. The molecule has 2 rings (SSSR count). The van der Waals surface area contributed by atoms with Crippen LogP contribution in [0.15, 0.2) is 12.2 Å². The van der Waals surface area contributed by atoms with Crippen molar-refractivity contribution in [2.75, 3.05) is 19.7 Å². The van der Waals surface area contributed by atoms with E-state index in [0.717, 1.165) is 39.0 Å². The van der Waals surface area contributed by atoms with Crippen LogP contribution in [0, 0.1) is 5.92 Å². The van der Waals surface area contributed by atoms with Crippen molar-refractivity contribution in [3.8, 4) is 0 Å². The summed E-state index contributed by atoms with van der Waals surface area (Å²) in [6.07, 6.45) is 2.64. The number of rotatable bonds is 1. The predicted octanol–water partition coefficient (Wildman–Crippen LogP) is 3.37. The lowest BCUT2D eigenvalue weighted by molar-refractivity contribution is -0.0486. The highest BCUT2D eigenvalue weighted by Gasteiger charge is 2.43. The maximum Gasteiger partial charge on any atom is 0.410 e. The number of carbonyl (C=O) groups is 1. The second-order valence-electron chi connectivity index (χ2n) is 7.21. The zero-order valence-electron chi connectivity index (χ0n) is 13.2. The summed E-state index contributed by atoms with van der Waals surface area (Å²) in [5.41, 5.74) is 0.736. The Morgan fingerprint density at radius 3 is 2.40 bits per heavy atom. The molecule has 0 aromatic rings. The van der Waals surface area contributed by atoms with Crippen LogP contribution < -0.4 is 0 Å². The average molecular weight is 281 g/mol. The van der Waals surface area contributed by atoms with Gasteiger partial charge in [0, 0.05) is 19.0 Å². The number of nitrogens with zero attached hydrogens (tertiary/aromatic N) is 1. The first-order valence-electron chi connectivity index (χ1n) is 7.48. The van der Waals surface area contributed by atoms with Gasteiger partial charge in [0.15, 0.2) is 0 Å². The first-order chi connectivity index (χ1) is 9.21. The van der Waals surface area contributed by atoms with Crippen LogP contribution in [0.5, 0.6) is 0 Å². The lowest BCUT2D eigenvalue weighted by Gasteiger charge is -2.39. The van der Waals surface area contributed by atoms with Gasteiger partial charge < -0.3 is 14.4 Å². The van der Waals surface area contributed by atoms with Crippen LogP contribution in [-0.4, -0.2) is 41.9 Å². The molecule has 1 spiro atoms. The maximum atomic E-state index is 12.0. The van der Waals surface area contributed by atoms with Gasteiger partial charge in [0.25, 0.3) is 0 Å². The molecule has 0 saturated carbocycles. The Morgan fingerprint density at radius 2 is 1.95 bits per heavy atom. The van der Waals surface area contributed by atoms with Gasteiger partial charge in [-0.2, -0.15) is 0 Å². The molecule has 0 radical (unpaired) electrons. The number of hydrogen-bond donors (Lipinski definition) is 0. The van der Waals surface area contributed by atoms with Gasteiger partial charge in [-0.25, -0.2) is 4.79 Å². The summed E-state index contributed by atoms with van der Waals surface area (Å²) < 4.78 is 11.5. The van der Waals surface area contributed by atoms with Crippen molar-refractivity contribution in [2.24, 2.45) is 5.92 Å². The summed E-state index contributed by atoms with van der Waals surface area (Å²) in [7, 11) is 0. The smallest absolute Gasteiger partial charge is 0.410 e. The minimum atomic E-state index is -0.429. The number of amides is 1. The Kier molecular flexibility index (Phi) is 4.14. The van der Waals surface area contributed by atoms with E-state index >= 15 is 0 Å². The Balaban J connectivity index is 1.87. The highest BCUT2D eigenvalue weighted by molar-refractivity contribution is 5.68. The molecule has 2 heterocycles. The van der Waals surface area contributed by atoms with Crippen molar-refractivity contribution in [3.63, 3.8) is 0 Å². The van der Waals surface area contributed by atoms with Crippen LogP contribution >= 0.6 is 0 Å². The van der Waals surface area contributed by atoms with Crippen molar-refractivity contribution in [3.05, 3.63) is 12.2 Å². The third-order valence-corrected chi connectivity index (χ3v) is 4.23. The Hall–Kier alpha value is -1.03. The molecule has 2 aliphatic rings. The fourth-order valence-electron chi connectivity index (χ4n) is 2.93. The molecular weight excluding hydrogens is 254 g/mol. The van der Waals surface area contributed by atoms with Crippen molar-refractivity contribution < 1.29 is 14.3 Å². The molecule has 0 N–H and O–H groups in total. The van der Waals surface area contributed by atoms with Gasteiger partial charge in [-0.15, -0.1) is 0 Å². The van der Waals surface area contributed by atoms with Crippen LogP contribution in [0.1, 0.15) is 47.0 Å². The molecule has 4 heteroatoms. The summed E-state index contributed by atoms with van der Waals surface area (Å²) >= 11 is 0. The fraction of sp³-hybridized carbons (Fsp3) is 0.812. The number of likely N-dealkylation sites (tertiary alicyclic amines) is 1. The zero-order chi connectivity index (χ0) is 15.0. The molecule has 0 unspecified atom stereocenters. The molecular formula is C16H27NO3. The normalized spacial score (nSPS) is 25.8. The van der Waals surface area contributed by atoms with E-state index in [0.29, 0.717) is 5.92 Å². The summed E-state index contributed by atoms with van der Waals surface area (Å²) in [6, 6.07) is 0. The average Bonchev–Trinajstić information content (AvgIpc) is 2.72. The topological polar surface area (TPSA) is 38.8 Å². The SMILES string of the molecule is C=C(C)[C@H]1COC2(CCN(C(=O)OC(C)(C)C)CC2)C1. The van der Waals surface area contributed by atoms with Gasteiger partial charge >= 0.3 is 6.09 Å². The number of hydrogen-bond acceptors (Lipinski definition) is 3. The first kappa shape index (κ1) is 15.4. The Morgan fingerprint density at radius 1 is 1.35 bits per heavy atom. The lowest BCUT2D eigenvalue weighted by Crippen LogP contribution is -2.47. The van der Waals surface area contributed by atoms with E-state index in [4.69, 9.17) is 9.47 Å². The largest absolute Gasteiger partial charge is 0.444 e. The quantitative estimate of drug-likeness (QED) is 0.692. The second-order valence-corrected chi connectivity index (χ2v) is 7.21. The minimum absolute atomic E-state index is 0.0396. The van der Waals surface area contributed by atoms with Crippen molar-refractivity contribution in [1.82, 2.24) is 4.90 Å². The highest BCUT2D eigenvalue weighted by atomic mass is 16.6. The van der Waals surface area contributed by atoms with Crippen LogP contribution in [0.4, 0.5) is 4.79 Å². The summed E-state index contributed by atoms with van der Waals surface area (Å²) in [4.78, 5) is 13.8. The number of carbonyl (C=O) groups excluding carboxylic acids is 1. The molecule has 0 aliphatic carbocycles. The van der Waals surface area contributed by atoms with Crippen LogP contribution in [0.3, 0.4) is 0 Å². The summed E-state index contributed by atoms with van der Waals surface area (Å²) in [5, 5.41) is 0. The van der Waals surface area contributed by atoms with E-state index in [1.165, 1.54) is 5.57 Å². The van der Waals surface area contributed by atoms with Gasteiger partial charge in [0.2, 0.25) is 0 Å². The molecule has 2 saturated heterocycles. The second kappa shape index (κ2) is 5.40. The summed E-state index contributed by atoms with van der Waals surface area (Å²) in [6.45, 7) is 14.0. The molecule has 1 atom stereocenters. The highest BCUT2D eigenvalue weighted by Crippen LogP contribution is 2.40. The Labute approximate surface area is 122 Å². The predicted molar refractivity (Wildman–Crippen MR) is 78.6 cm³/mol. The van der Waals surface area contributed by atoms with E-state index in [-0.39, 0.29) is 11.7 Å². The monoisotopic (exact) mass is 281 g/mol. The first-order valence-corrected chi connectivity index (χ1v) is 7.48. The van der Waals surface area contributed by atoms with Gasteiger partial charge in [0.1, 0.15) is 5.60 Å². The van der Waals surface area contributed by atoms with Gasteiger partial charge in [-0.05, 0) is 47.0 Å². The van der Waals surface area contributed by atoms with E-state index in [1.54, 1.807) is 4.90 Å². The molecule has 0 aromatic heterocycles. The molecule has 0 aromatic carbocycles.